The van der Waals surface area contributed by atoms with Gasteiger partial charge in [0.25, 0.3) is 0 Å². The molecule has 1 aliphatic rings. The molecule has 0 unspecified atom stereocenters. The van der Waals surface area contributed by atoms with Crippen LogP contribution in [0.15, 0.2) is 36.4 Å². The van der Waals surface area contributed by atoms with E-state index in [1.54, 1.807) is 12.1 Å². The molecule has 0 radical (unpaired) electrons. The molecule has 0 bridgehead atoms. The molecule has 1 saturated carbocycles. The Morgan fingerprint density at radius 3 is 1.93 bits per heavy atom. The van der Waals surface area contributed by atoms with E-state index in [1.165, 1.54) is 37.7 Å². The lowest BCUT2D eigenvalue weighted by molar-refractivity contribution is -0.142. The molecule has 0 atom stereocenters. The topological polar surface area (TPSA) is 0 Å². The molecule has 0 amide bonds. The largest absolute Gasteiger partial charge is 0.422 e. The molecule has 1 aliphatic carbocycles. The van der Waals surface area contributed by atoms with Crippen molar-refractivity contribution in [3.8, 4) is 11.1 Å². The van der Waals surface area contributed by atoms with E-state index >= 15 is 0 Å². The van der Waals surface area contributed by atoms with Crippen LogP contribution in [0.25, 0.3) is 11.1 Å². The molecular weight excluding hydrogens is 371 g/mol. The van der Waals surface area contributed by atoms with Gasteiger partial charge in [-0.15, -0.1) is 0 Å². The number of halogens is 5. The van der Waals surface area contributed by atoms with Crippen molar-refractivity contribution in [2.45, 2.75) is 64.0 Å². The fourth-order valence-electron chi connectivity index (χ4n) is 4.24. The predicted octanol–water partition coefficient (Wildman–Crippen LogP) is 8.11. The van der Waals surface area contributed by atoms with Gasteiger partial charge in [0.2, 0.25) is 0 Å². The van der Waals surface area contributed by atoms with Gasteiger partial charge in [-0.05, 0) is 66.3 Å². The summed E-state index contributed by atoms with van der Waals surface area (Å²) in [5.74, 6) is -1.88. The molecule has 0 N–H and O–H groups in total. The Kier molecular flexibility index (Phi) is 6.41. The summed E-state index contributed by atoms with van der Waals surface area (Å²) < 4.78 is 65.8. The summed E-state index contributed by atoms with van der Waals surface area (Å²) in [5, 5.41) is 0. The summed E-state index contributed by atoms with van der Waals surface area (Å²) >= 11 is 0. The van der Waals surface area contributed by atoms with Gasteiger partial charge >= 0.3 is 6.18 Å². The van der Waals surface area contributed by atoms with Crippen molar-refractivity contribution in [1.82, 2.24) is 0 Å². The van der Waals surface area contributed by atoms with Gasteiger partial charge in [-0.1, -0.05) is 50.5 Å². The van der Waals surface area contributed by atoms with E-state index in [0.29, 0.717) is 11.5 Å². The Labute approximate surface area is 162 Å². The Morgan fingerprint density at radius 2 is 1.43 bits per heavy atom. The lowest BCUT2D eigenvalue weighted by Crippen LogP contribution is -2.13. The zero-order valence-corrected chi connectivity index (χ0v) is 16.0. The SMILES string of the molecule is CCCCC1CCC(c2ccc(-c3cc(F)c(C(F)(F)F)c(F)c3)cc2)CC1. The molecule has 152 valence electrons. The molecule has 0 spiro atoms. The molecule has 0 nitrogen and oxygen atoms in total. The molecular formula is C23H25F5. The maximum atomic E-state index is 13.8. The van der Waals surface area contributed by atoms with Gasteiger partial charge in [-0.2, -0.15) is 13.2 Å². The Balaban J connectivity index is 1.72. The van der Waals surface area contributed by atoms with Crippen LogP contribution >= 0.6 is 0 Å². The number of hydrogen-bond acceptors (Lipinski definition) is 0. The van der Waals surface area contributed by atoms with Crippen LogP contribution in [0.5, 0.6) is 0 Å². The van der Waals surface area contributed by atoms with Crippen molar-refractivity contribution in [2.24, 2.45) is 5.92 Å². The van der Waals surface area contributed by atoms with E-state index in [1.807, 2.05) is 12.1 Å². The first-order chi connectivity index (χ1) is 13.3. The minimum absolute atomic E-state index is 0.109. The number of benzene rings is 2. The number of alkyl halides is 3. The molecule has 3 rings (SSSR count). The maximum Gasteiger partial charge on any atom is 0.422 e. The lowest BCUT2D eigenvalue weighted by Gasteiger charge is -2.29. The molecule has 1 fully saturated rings. The smallest absolute Gasteiger partial charge is 0.206 e. The second kappa shape index (κ2) is 8.62. The average Bonchev–Trinajstić information content (AvgIpc) is 2.65. The van der Waals surface area contributed by atoms with Crippen molar-refractivity contribution in [3.05, 3.63) is 59.2 Å². The van der Waals surface area contributed by atoms with Crippen LogP contribution in [0.2, 0.25) is 0 Å². The fraction of sp³-hybridized carbons (Fsp3) is 0.478. The highest BCUT2D eigenvalue weighted by Gasteiger charge is 2.38. The molecule has 0 aliphatic heterocycles. The molecule has 2 aromatic carbocycles. The van der Waals surface area contributed by atoms with E-state index in [0.717, 1.165) is 30.9 Å². The van der Waals surface area contributed by atoms with Gasteiger partial charge in [0, 0.05) is 0 Å². The summed E-state index contributed by atoms with van der Waals surface area (Å²) in [6.45, 7) is 2.21. The van der Waals surface area contributed by atoms with Crippen molar-refractivity contribution >= 4 is 0 Å². The van der Waals surface area contributed by atoms with E-state index in [-0.39, 0.29) is 5.56 Å². The van der Waals surface area contributed by atoms with E-state index in [9.17, 15) is 22.0 Å². The highest BCUT2D eigenvalue weighted by Crippen LogP contribution is 2.39. The minimum Gasteiger partial charge on any atom is -0.206 e. The quantitative estimate of drug-likeness (QED) is 0.448. The van der Waals surface area contributed by atoms with Crippen LogP contribution in [-0.2, 0) is 6.18 Å². The highest BCUT2D eigenvalue weighted by atomic mass is 19.4. The van der Waals surface area contributed by atoms with Crippen LogP contribution in [-0.4, -0.2) is 0 Å². The fourth-order valence-corrected chi connectivity index (χ4v) is 4.24. The number of hydrogen-bond donors (Lipinski definition) is 0. The normalized spacial score (nSPS) is 20.4. The molecule has 0 saturated heterocycles. The van der Waals surface area contributed by atoms with Crippen LogP contribution < -0.4 is 0 Å². The molecule has 2 aromatic rings. The van der Waals surface area contributed by atoms with Gasteiger partial charge in [-0.25, -0.2) is 8.78 Å². The predicted molar refractivity (Wildman–Crippen MR) is 101 cm³/mol. The zero-order chi connectivity index (χ0) is 20.3. The Hall–Kier alpha value is -1.91. The molecule has 28 heavy (non-hydrogen) atoms. The maximum absolute atomic E-state index is 13.8. The van der Waals surface area contributed by atoms with Crippen LogP contribution in [0.4, 0.5) is 22.0 Å². The summed E-state index contributed by atoms with van der Waals surface area (Å²) in [6, 6.07) is 8.83. The standard InChI is InChI=1S/C23H25F5/c1-2-3-4-15-5-7-16(8-6-15)17-9-11-18(12-10-17)19-13-20(24)22(21(25)14-19)23(26,27)28/h9-16H,2-8H2,1H3. The van der Waals surface area contributed by atoms with Crippen LogP contribution in [0.3, 0.4) is 0 Å². The zero-order valence-electron chi connectivity index (χ0n) is 16.0. The van der Waals surface area contributed by atoms with Crippen LogP contribution in [0, 0.1) is 17.6 Å². The van der Waals surface area contributed by atoms with Gasteiger partial charge in [0.15, 0.2) is 0 Å². The highest BCUT2D eigenvalue weighted by molar-refractivity contribution is 5.64. The third kappa shape index (κ3) is 4.73. The van der Waals surface area contributed by atoms with Gasteiger partial charge in [0.1, 0.15) is 17.2 Å². The third-order valence-corrected chi connectivity index (χ3v) is 5.85. The first-order valence-corrected chi connectivity index (χ1v) is 9.96. The molecule has 5 heteroatoms. The van der Waals surface area contributed by atoms with E-state index in [2.05, 4.69) is 6.92 Å². The van der Waals surface area contributed by atoms with Crippen molar-refractivity contribution in [1.29, 1.82) is 0 Å². The van der Waals surface area contributed by atoms with Crippen molar-refractivity contribution < 1.29 is 22.0 Å². The second-order valence-electron chi connectivity index (χ2n) is 7.79. The summed E-state index contributed by atoms with van der Waals surface area (Å²) in [5.41, 5.74) is -0.0389. The Morgan fingerprint density at radius 1 is 0.857 bits per heavy atom. The van der Waals surface area contributed by atoms with Gasteiger partial charge in [0.05, 0.1) is 0 Å². The van der Waals surface area contributed by atoms with Crippen molar-refractivity contribution in [2.75, 3.05) is 0 Å². The Bertz CT molecular complexity index is 761. The number of unbranched alkanes of at least 4 members (excludes halogenated alkanes) is 1. The van der Waals surface area contributed by atoms with Gasteiger partial charge < -0.3 is 0 Å². The summed E-state index contributed by atoms with van der Waals surface area (Å²) in [7, 11) is 0. The van der Waals surface area contributed by atoms with E-state index in [4.69, 9.17) is 0 Å². The van der Waals surface area contributed by atoms with Gasteiger partial charge in [-0.3, -0.25) is 0 Å². The van der Waals surface area contributed by atoms with Crippen molar-refractivity contribution in [3.63, 3.8) is 0 Å². The molecule has 0 aromatic heterocycles. The second-order valence-corrected chi connectivity index (χ2v) is 7.79. The third-order valence-electron chi connectivity index (χ3n) is 5.85. The van der Waals surface area contributed by atoms with Crippen LogP contribution in [0.1, 0.15) is 68.9 Å². The minimum atomic E-state index is -5.05. The number of rotatable bonds is 5. The molecule has 0 heterocycles. The average molecular weight is 396 g/mol. The summed E-state index contributed by atoms with van der Waals surface area (Å²) in [6.07, 6.45) is 3.48. The summed E-state index contributed by atoms with van der Waals surface area (Å²) in [4.78, 5) is 0. The monoisotopic (exact) mass is 396 g/mol. The first-order valence-electron chi connectivity index (χ1n) is 9.96. The first kappa shape index (κ1) is 20.8. The lowest BCUT2D eigenvalue weighted by atomic mass is 9.77. The van der Waals surface area contributed by atoms with E-state index < -0.39 is 23.4 Å².